The van der Waals surface area contributed by atoms with Crippen molar-refractivity contribution >= 4 is 35.1 Å². The Morgan fingerprint density at radius 3 is 1.65 bits per heavy atom. The minimum atomic E-state index is -0.976. The van der Waals surface area contributed by atoms with Crippen molar-refractivity contribution < 1.29 is 9.90 Å². The maximum atomic E-state index is 12.3. The molecule has 0 aliphatic heterocycles. The zero-order valence-electron chi connectivity index (χ0n) is 21.6. The van der Waals surface area contributed by atoms with Gasteiger partial charge in [-0.15, -0.1) is 11.8 Å². The number of benzene rings is 4. The van der Waals surface area contributed by atoms with Crippen LogP contribution in [0.5, 0.6) is 0 Å². The zero-order chi connectivity index (χ0) is 28.0. The van der Waals surface area contributed by atoms with Gasteiger partial charge in [0.15, 0.2) is 5.82 Å². The van der Waals surface area contributed by atoms with Crippen molar-refractivity contribution in [2.75, 3.05) is 16.5 Å². The van der Waals surface area contributed by atoms with Crippen LogP contribution in [0.4, 0.5) is 17.3 Å². The number of hydrogen-bond acceptors (Lipinski definition) is 7. The third-order valence-corrected chi connectivity index (χ3v) is 7.95. The van der Waals surface area contributed by atoms with Gasteiger partial charge in [-0.05, 0) is 28.3 Å². The lowest BCUT2D eigenvalue weighted by Crippen LogP contribution is -2.38. The quantitative estimate of drug-likeness (QED) is 0.0599. The molecule has 0 amide bonds. The van der Waals surface area contributed by atoms with Gasteiger partial charge in [0.25, 0.3) is 0 Å². The van der Waals surface area contributed by atoms with Crippen molar-refractivity contribution in [3.05, 3.63) is 150 Å². The van der Waals surface area contributed by atoms with Crippen LogP contribution in [0.3, 0.4) is 0 Å². The molecule has 0 saturated carbocycles. The maximum absolute atomic E-state index is 12.3. The van der Waals surface area contributed by atoms with Gasteiger partial charge >= 0.3 is 5.97 Å². The molecule has 4 aromatic carbocycles. The summed E-state index contributed by atoms with van der Waals surface area (Å²) in [6, 6.07) is 41.2. The molecule has 0 bridgehead atoms. The van der Waals surface area contributed by atoms with E-state index in [0.717, 1.165) is 28.5 Å². The number of thioether (sulfide) groups is 1. The first kappa shape index (κ1) is 26.8. The smallest absolute Gasteiger partial charge is 0.321 e. The van der Waals surface area contributed by atoms with E-state index in [2.05, 4.69) is 52.1 Å². The fourth-order valence-corrected chi connectivity index (χ4v) is 5.94. The molecule has 40 heavy (non-hydrogen) atoms. The normalized spacial score (nSPS) is 11.9. The number of nitrogens with one attached hydrogen (secondary N) is 2. The van der Waals surface area contributed by atoms with Crippen LogP contribution in [-0.4, -0.2) is 16.1 Å². The summed E-state index contributed by atoms with van der Waals surface area (Å²) in [7, 11) is 0. The monoisotopic (exact) mass is 547 g/mol. The van der Waals surface area contributed by atoms with Crippen molar-refractivity contribution in [2.45, 2.75) is 15.7 Å². The molecule has 0 saturated heterocycles. The lowest BCUT2D eigenvalue weighted by atomic mass is 9.77. The minimum Gasteiger partial charge on any atom is -0.480 e. The summed E-state index contributed by atoms with van der Waals surface area (Å²) in [5.41, 5.74) is 12.2. The molecule has 7 nitrogen and oxygen atoms in total. The van der Waals surface area contributed by atoms with Crippen LogP contribution in [0.15, 0.2) is 132 Å². The summed E-state index contributed by atoms with van der Waals surface area (Å²) in [6.45, 7) is 0. The Morgan fingerprint density at radius 1 is 0.775 bits per heavy atom. The van der Waals surface area contributed by atoms with Crippen LogP contribution < -0.4 is 22.3 Å². The molecule has 5 aromatic rings. The highest BCUT2D eigenvalue weighted by molar-refractivity contribution is 8.00. The number of anilines is 3. The van der Waals surface area contributed by atoms with E-state index in [1.165, 1.54) is 0 Å². The summed E-state index contributed by atoms with van der Waals surface area (Å²) in [6.07, 6.45) is 0. The van der Waals surface area contributed by atoms with E-state index in [0.29, 0.717) is 22.0 Å². The number of rotatable bonds is 10. The van der Waals surface area contributed by atoms with E-state index in [1.54, 1.807) is 18.2 Å². The molecular formula is C32H29N5O2S. The van der Waals surface area contributed by atoms with Crippen LogP contribution in [0.25, 0.3) is 0 Å². The average Bonchev–Trinajstić information content (AvgIpc) is 3.00. The molecule has 0 radical (unpaired) electrons. The lowest BCUT2D eigenvalue weighted by molar-refractivity contribution is -0.136. The first-order valence-electron chi connectivity index (χ1n) is 12.7. The van der Waals surface area contributed by atoms with Gasteiger partial charge in [-0.25, -0.2) is 4.98 Å². The predicted octanol–water partition coefficient (Wildman–Crippen LogP) is 6.27. The number of pyridine rings is 1. The van der Waals surface area contributed by atoms with E-state index in [1.807, 2.05) is 72.8 Å². The second-order valence-electron chi connectivity index (χ2n) is 9.13. The first-order chi connectivity index (χ1) is 19.5. The van der Waals surface area contributed by atoms with Crippen molar-refractivity contribution in [2.24, 2.45) is 5.84 Å². The Morgan fingerprint density at radius 2 is 1.23 bits per heavy atom. The molecule has 1 heterocycles. The Kier molecular flexibility index (Phi) is 8.00. The number of nitrogens with zero attached hydrogens (tertiary/aromatic N) is 1. The molecule has 1 atom stereocenters. The van der Waals surface area contributed by atoms with Crippen LogP contribution >= 0.6 is 11.8 Å². The molecule has 1 aromatic heterocycles. The fourth-order valence-electron chi connectivity index (χ4n) is 4.83. The number of aromatic nitrogens is 1. The second kappa shape index (κ2) is 11.9. The average molecular weight is 548 g/mol. The van der Waals surface area contributed by atoms with E-state index in [-0.39, 0.29) is 5.82 Å². The summed E-state index contributed by atoms with van der Waals surface area (Å²) in [5.74, 6) is 5.48. The molecule has 5 rings (SSSR count). The SMILES string of the molecule is NNc1c(SC(C(=O)O)c2ccccc2)cc(NC(c2ccccc2)(c2ccccc2)c2ccccc2)nc1N. The largest absolute Gasteiger partial charge is 0.480 e. The van der Waals surface area contributed by atoms with Crippen LogP contribution in [-0.2, 0) is 10.3 Å². The van der Waals surface area contributed by atoms with Gasteiger partial charge in [-0.3, -0.25) is 10.6 Å². The van der Waals surface area contributed by atoms with Crippen molar-refractivity contribution in [3.63, 3.8) is 0 Å². The molecule has 0 spiro atoms. The number of carboxylic acid groups (broad SMARTS) is 1. The highest BCUT2D eigenvalue weighted by Crippen LogP contribution is 2.44. The number of hydrogen-bond donors (Lipinski definition) is 5. The lowest BCUT2D eigenvalue weighted by Gasteiger charge is -2.37. The number of hydrazine groups is 1. The molecule has 200 valence electrons. The van der Waals surface area contributed by atoms with Crippen molar-refractivity contribution in [1.82, 2.24) is 4.98 Å². The third-order valence-electron chi connectivity index (χ3n) is 6.66. The number of aliphatic carboxylic acids is 1. The standard InChI is InChI=1S/C32H29N5O2S/c33-30-28(37-34)26(40-29(31(38)39)22-13-5-1-6-14-22)21-27(35-30)36-32(23-15-7-2-8-16-23,24-17-9-3-10-18-24)25-19-11-4-12-20-25/h1-21,29,37H,34H2,(H,38,39)(H3,33,35,36). The van der Waals surface area contributed by atoms with E-state index in [4.69, 9.17) is 11.6 Å². The Bertz CT molecular complexity index is 1470. The number of nitrogens with two attached hydrogens (primary N) is 2. The molecule has 0 aliphatic carbocycles. The van der Waals surface area contributed by atoms with Crippen LogP contribution in [0, 0.1) is 0 Å². The Balaban J connectivity index is 1.68. The highest BCUT2D eigenvalue weighted by atomic mass is 32.2. The van der Waals surface area contributed by atoms with Crippen LogP contribution in [0.1, 0.15) is 27.5 Å². The summed E-state index contributed by atoms with van der Waals surface area (Å²) in [4.78, 5) is 17.5. The summed E-state index contributed by atoms with van der Waals surface area (Å²) >= 11 is 1.14. The van der Waals surface area contributed by atoms with Crippen molar-refractivity contribution in [1.29, 1.82) is 0 Å². The molecular weight excluding hydrogens is 518 g/mol. The van der Waals surface area contributed by atoms with Gasteiger partial charge in [-0.2, -0.15) is 0 Å². The summed E-state index contributed by atoms with van der Waals surface area (Å²) < 4.78 is 0. The zero-order valence-corrected chi connectivity index (χ0v) is 22.4. The summed E-state index contributed by atoms with van der Waals surface area (Å²) in [5, 5.41) is 12.9. The molecule has 0 fully saturated rings. The number of nitrogen functional groups attached to an aromatic ring is 2. The van der Waals surface area contributed by atoms with E-state index >= 15 is 0 Å². The third kappa shape index (κ3) is 5.36. The number of carbonyl (C=O) groups is 1. The Hall–Kier alpha value is -4.79. The fraction of sp³-hybridized carbons (Fsp3) is 0.0625. The van der Waals surface area contributed by atoms with Gasteiger partial charge in [0, 0.05) is 4.90 Å². The van der Waals surface area contributed by atoms with Gasteiger partial charge in [-0.1, -0.05) is 121 Å². The molecule has 0 aliphatic rings. The molecule has 8 heteroatoms. The number of carboxylic acids is 1. The van der Waals surface area contributed by atoms with Gasteiger partial charge in [0.1, 0.15) is 22.3 Å². The first-order valence-corrected chi connectivity index (χ1v) is 13.6. The van der Waals surface area contributed by atoms with Crippen molar-refractivity contribution in [3.8, 4) is 0 Å². The Labute approximate surface area is 237 Å². The highest BCUT2D eigenvalue weighted by Gasteiger charge is 2.37. The van der Waals surface area contributed by atoms with Crippen LogP contribution in [0.2, 0.25) is 0 Å². The maximum Gasteiger partial charge on any atom is 0.321 e. The molecule has 7 N–H and O–H groups in total. The van der Waals surface area contributed by atoms with Gasteiger partial charge < -0.3 is 21.6 Å². The van der Waals surface area contributed by atoms with Gasteiger partial charge in [0.2, 0.25) is 0 Å². The van der Waals surface area contributed by atoms with Gasteiger partial charge in [0.05, 0.1) is 0 Å². The molecule has 1 unspecified atom stereocenters. The predicted molar refractivity (Wildman–Crippen MR) is 162 cm³/mol. The minimum absolute atomic E-state index is 0.148. The van der Waals surface area contributed by atoms with E-state index in [9.17, 15) is 9.90 Å². The topological polar surface area (TPSA) is 126 Å². The van der Waals surface area contributed by atoms with E-state index < -0.39 is 16.8 Å². The second-order valence-corrected chi connectivity index (χ2v) is 10.3.